The highest BCUT2D eigenvalue weighted by Gasteiger charge is 2.44. The lowest BCUT2D eigenvalue weighted by molar-refractivity contribution is -0.150. The number of carbonyl (C=O) groups excluding carboxylic acids is 1. The standard InChI is InChI=1S/C12H18N4O3/c1-11(2,8(17)18)12(3,4)16-10(19)15-9-13-6-5-7-14-9/h5-7H,1-4H3,(H,17,18)(H2,13,14,15,16,19). The van der Waals surface area contributed by atoms with E-state index in [0.717, 1.165) is 0 Å². The van der Waals surface area contributed by atoms with E-state index in [-0.39, 0.29) is 5.95 Å². The molecule has 1 rings (SSSR count). The van der Waals surface area contributed by atoms with Gasteiger partial charge in [-0.2, -0.15) is 0 Å². The smallest absolute Gasteiger partial charge is 0.322 e. The van der Waals surface area contributed by atoms with Gasteiger partial charge in [-0.05, 0) is 33.8 Å². The summed E-state index contributed by atoms with van der Waals surface area (Å²) in [6, 6.07) is 1.08. The van der Waals surface area contributed by atoms with Crippen LogP contribution in [0, 0.1) is 5.41 Å². The van der Waals surface area contributed by atoms with E-state index in [1.54, 1.807) is 33.8 Å². The Morgan fingerprint density at radius 1 is 1.16 bits per heavy atom. The van der Waals surface area contributed by atoms with Gasteiger partial charge in [0.2, 0.25) is 5.95 Å². The number of carboxylic acids is 1. The molecule has 104 valence electrons. The van der Waals surface area contributed by atoms with Crippen LogP contribution in [0.4, 0.5) is 10.7 Å². The Morgan fingerprint density at radius 3 is 2.16 bits per heavy atom. The molecule has 1 aromatic heterocycles. The molecule has 1 heterocycles. The van der Waals surface area contributed by atoms with E-state index >= 15 is 0 Å². The average molecular weight is 266 g/mol. The van der Waals surface area contributed by atoms with Crippen LogP contribution in [0.1, 0.15) is 27.7 Å². The number of aliphatic carboxylic acids is 1. The summed E-state index contributed by atoms with van der Waals surface area (Å²) in [5, 5.41) is 14.2. The van der Waals surface area contributed by atoms with E-state index in [1.165, 1.54) is 12.4 Å². The molecule has 0 radical (unpaired) electrons. The Morgan fingerprint density at radius 2 is 1.68 bits per heavy atom. The molecule has 0 aliphatic carbocycles. The molecule has 1 aromatic rings. The van der Waals surface area contributed by atoms with Crippen LogP contribution >= 0.6 is 0 Å². The van der Waals surface area contributed by atoms with Crippen molar-refractivity contribution in [2.75, 3.05) is 5.32 Å². The number of rotatable bonds is 4. The molecule has 19 heavy (non-hydrogen) atoms. The number of hydrogen-bond donors (Lipinski definition) is 3. The number of carboxylic acid groups (broad SMARTS) is 1. The van der Waals surface area contributed by atoms with Crippen molar-refractivity contribution in [3.8, 4) is 0 Å². The normalized spacial score (nSPS) is 11.8. The maximum Gasteiger partial charge on any atom is 0.322 e. The zero-order valence-electron chi connectivity index (χ0n) is 11.4. The van der Waals surface area contributed by atoms with E-state index < -0.39 is 23.0 Å². The topological polar surface area (TPSA) is 104 Å². The van der Waals surface area contributed by atoms with E-state index in [2.05, 4.69) is 20.6 Å². The number of nitrogens with zero attached hydrogens (tertiary/aromatic N) is 2. The molecule has 0 aromatic carbocycles. The van der Waals surface area contributed by atoms with Crippen molar-refractivity contribution in [1.82, 2.24) is 15.3 Å². The van der Waals surface area contributed by atoms with Crippen molar-refractivity contribution in [1.29, 1.82) is 0 Å². The van der Waals surface area contributed by atoms with Gasteiger partial charge in [0.15, 0.2) is 0 Å². The molecule has 0 fully saturated rings. The Labute approximate surface area is 111 Å². The highest BCUT2D eigenvalue weighted by atomic mass is 16.4. The average Bonchev–Trinajstić information content (AvgIpc) is 2.28. The van der Waals surface area contributed by atoms with Gasteiger partial charge in [-0.25, -0.2) is 14.8 Å². The Hall–Kier alpha value is -2.18. The molecular weight excluding hydrogens is 248 g/mol. The number of carbonyl (C=O) groups is 2. The second-order valence-corrected chi connectivity index (χ2v) is 5.21. The quantitative estimate of drug-likeness (QED) is 0.765. The van der Waals surface area contributed by atoms with Crippen molar-refractivity contribution in [2.45, 2.75) is 33.2 Å². The van der Waals surface area contributed by atoms with Crippen LogP contribution in [0.15, 0.2) is 18.5 Å². The van der Waals surface area contributed by atoms with Gasteiger partial charge in [-0.1, -0.05) is 0 Å². The van der Waals surface area contributed by atoms with Crippen molar-refractivity contribution in [3.05, 3.63) is 18.5 Å². The summed E-state index contributed by atoms with van der Waals surface area (Å²) >= 11 is 0. The lowest BCUT2D eigenvalue weighted by atomic mass is 9.74. The molecule has 7 heteroatoms. The van der Waals surface area contributed by atoms with Crippen molar-refractivity contribution in [2.24, 2.45) is 5.41 Å². The van der Waals surface area contributed by atoms with Crippen LogP contribution in [-0.2, 0) is 4.79 Å². The Balaban J connectivity index is 2.74. The summed E-state index contributed by atoms with van der Waals surface area (Å²) in [7, 11) is 0. The van der Waals surface area contributed by atoms with Crippen LogP contribution < -0.4 is 10.6 Å². The summed E-state index contributed by atoms with van der Waals surface area (Å²) in [6.07, 6.45) is 2.99. The molecule has 0 aliphatic rings. The first kappa shape index (κ1) is 14.9. The molecule has 0 spiro atoms. The van der Waals surface area contributed by atoms with Gasteiger partial charge < -0.3 is 10.4 Å². The second kappa shape index (κ2) is 5.21. The Bertz CT molecular complexity index is 471. The first-order valence-corrected chi connectivity index (χ1v) is 5.76. The predicted octanol–water partition coefficient (Wildman–Crippen LogP) is 1.49. The zero-order chi connectivity index (χ0) is 14.7. The van der Waals surface area contributed by atoms with E-state index in [4.69, 9.17) is 0 Å². The highest BCUT2D eigenvalue weighted by molar-refractivity contribution is 5.88. The molecule has 0 atom stereocenters. The Kier molecular flexibility index (Phi) is 4.08. The summed E-state index contributed by atoms with van der Waals surface area (Å²) in [6.45, 7) is 6.39. The lowest BCUT2D eigenvalue weighted by Crippen LogP contribution is -2.57. The first-order valence-electron chi connectivity index (χ1n) is 5.76. The largest absolute Gasteiger partial charge is 0.481 e. The van der Waals surface area contributed by atoms with Gasteiger partial charge in [0.1, 0.15) is 0 Å². The number of amides is 2. The van der Waals surface area contributed by atoms with Gasteiger partial charge in [0.25, 0.3) is 0 Å². The van der Waals surface area contributed by atoms with Crippen molar-refractivity contribution in [3.63, 3.8) is 0 Å². The van der Waals surface area contributed by atoms with Crippen LogP contribution in [0.3, 0.4) is 0 Å². The van der Waals surface area contributed by atoms with Gasteiger partial charge in [-0.3, -0.25) is 10.1 Å². The van der Waals surface area contributed by atoms with Crippen LogP contribution in [0.25, 0.3) is 0 Å². The zero-order valence-corrected chi connectivity index (χ0v) is 11.4. The summed E-state index contributed by atoms with van der Waals surface area (Å²) in [4.78, 5) is 30.7. The summed E-state index contributed by atoms with van der Waals surface area (Å²) in [5.74, 6) is -0.835. The minimum Gasteiger partial charge on any atom is -0.481 e. The number of anilines is 1. The van der Waals surface area contributed by atoms with Crippen molar-refractivity contribution >= 4 is 17.9 Å². The fourth-order valence-electron chi connectivity index (χ4n) is 1.20. The number of urea groups is 1. The molecule has 0 bridgehead atoms. The summed E-state index contributed by atoms with van der Waals surface area (Å²) < 4.78 is 0. The number of hydrogen-bond acceptors (Lipinski definition) is 4. The maximum absolute atomic E-state index is 11.8. The third-order valence-electron chi connectivity index (χ3n) is 3.31. The minimum absolute atomic E-state index is 0.156. The van der Waals surface area contributed by atoms with E-state index in [0.29, 0.717) is 0 Å². The molecule has 2 amide bonds. The monoisotopic (exact) mass is 266 g/mol. The second-order valence-electron chi connectivity index (χ2n) is 5.21. The third kappa shape index (κ3) is 3.40. The highest BCUT2D eigenvalue weighted by Crippen LogP contribution is 2.30. The lowest BCUT2D eigenvalue weighted by Gasteiger charge is -2.38. The van der Waals surface area contributed by atoms with E-state index in [9.17, 15) is 14.7 Å². The number of aromatic nitrogens is 2. The third-order valence-corrected chi connectivity index (χ3v) is 3.31. The fourth-order valence-corrected chi connectivity index (χ4v) is 1.20. The molecule has 0 saturated carbocycles. The van der Waals surface area contributed by atoms with Crippen LogP contribution in [0.2, 0.25) is 0 Å². The number of nitrogens with one attached hydrogen (secondary N) is 2. The van der Waals surface area contributed by atoms with Gasteiger partial charge >= 0.3 is 12.0 Å². The van der Waals surface area contributed by atoms with Crippen LogP contribution in [0.5, 0.6) is 0 Å². The fraction of sp³-hybridized carbons (Fsp3) is 0.500. The van der Waals surface area contributed by atoms with Gasteiger partial charge in [0, 0.05) is 12.4 Å². The SMILES string of the molecule is CC(C)(NC(=O)Nc1ncccn1)C(C)(C)C(=O)O. The molecule has 0 aliphatic heterocycles. The minimum atomic E-state index is -1.12. The molecule has 0 saturated heterocycles. The molecule has 3 N–H and O–H groups in total. The van der Waals surface area contributed by atoms with E-state index in [1.807, 2.05) is 0 Å². The van der Waals surface area contributed by atoms with Gasteiger partial charge in [-0.15, -0.1) is 0 Å². The maximum atomic E-state index is 11.8. The summed E-state index contributed by atoms with van der Waals surface area (Å²) in [5.41, 5.74) is -2.07. The van der Waals surface area contributed by atoms with Gasteiger partial charge in [0.05, 0.1) is 11.0 Å². The van der Waals surface area contributed by atoms with Crippen molar-refractivity contribution < 1.29 is 14.7 Å². The molecule has 7 nitrogen and oxygen atoms in total. The first-order chi connectivity index (χ1) is 8.67. The molecular formula is C12H18N4O3. The van der Waals surface area contributed by atoms with Crippen LogP contribution in [-0.4, -0.2) is 32.6 Å². The predicted molar refractivity (Wildman–Crippen MR) is 69.7 cm³/mol. The molecule has 0 unspecified atom stereocenters.